The maximum absolute atomic E-state index is 12.4. The van der Waals surface area contributed by atoms with Crippen LogP contribution in [0.1, 0.15) is 25.3 Å². The molecule has 0 saturated carbocycles. The molecule has 2 N–H and O–H groups in total. The molecule has 25 heavy (non-hydrogen) atoms. The second kappa shape index (κ2) is 8.65. The van der Waals surface area contributed by atoms with Crippen LogP contribution in [0, 0.1) is 0 Å². The van der Waals surface area contributed by atoms with E-state index in [4.69, 9.17) is 14.2 Å². The van der Waals surface area contributed by atoms with E-state index in [1.807, 2.05) is 19.1 Å². The summed E-state index contributed by atoms with van der Waals surface area (Å²) in [6.07, 6.45) is 1.80. The van der Waals surface area contributed by atoms with Crippen LogP contribution in [0.25, 0.3) is 0 Å². The van der Waals surface area contributed by atoms with Gasteiger partial charge in [-0.15, -0.1) is 0 Å². The number of hydrogen-bond acceptors (Lipinski definition) is 5. The van der Waals surface area contributed by atoms with E-state index in [2.05, 4.69) is 22.8 Å². The van der Waals surface area contributed by atoms with E-state index in [0.717, 1.165) is 25.1 Å². The molecule has 1 atom stereocenters. The third kappa shape index (κ3) is 4.51. The number of carbonyl (C=O) groups is 1. The molecule has 0 radical (unpaired) electrons. The smallest absolute Gasteiger partial charge is 0.239 e. The number of hydrogen-bond donors (Lipinski definition) is 2. The Kier molecular flexibility index (Phi) is 6.29. The minimum atomic E-state index is -0.258. The fraction of sp³-hybridized carbons (Fsp3) is 0.632. The molecule has 1 unspecified atom stereocenters. The van der Waals surface area contributed by atoms with Gasteiger partial charge in [-0.05, 0) is 37.5 Å². The molecule has 2 aliphatic rings. The SMILES string of the molecule is CCOc1ccc(C2(CNC(=O)C3COCCN3)CCOCC2)cc1. The minimum absolute atomic E-state index is 0.0107. The summed E-state index contributed by atoms with van der Waals surface area (Å²) < 4.78 is 16.5. The van der Waals surface area contributed by atoms with Crippen LogP contribution in [0.4, 0.5) is 0 Å². The molecule has 2 heterocycles. The fourth-order valence-electron chi connectivity index (χ4n) is 3.51. The third-order valence-electron chi connectivity index (χ3n) is 5.07. The highest BCUT2D eigenvalue weighted by molar-refractivity contribution is 5.82. The quantitative estimate of drug-likeness (QED) is 0.810. The van der Waals surface area contributed by atoms with E-state index >= 15 is 0 Å². The predicted molar refractivity (Wildman–Crippen MR) is 95.0 cm³/mol. The average Bonchev–Trinajstić information content (AvgIpc) is 2.68. The van der Waals surface area contributed by atoms with Gasteiger partial charge in [0.15, 0.2) is 0 Å². The van der Waals surface area contributed by atoms with Crippen LogP contribution in [0.3, 0.4) is 0 Å². The predicted octanol–water partition coefficient (Wildman–Crippen LogP) is 1.24. The Balaban J connectivity index is 1.68. The first kappa shape index (κ1) is 18.2. The van der Waals surface area contributed by atoms with Gasteiger partial charge in [0.2, 0.25) is 5.91 Å². The zero-order valence-electron chi connectivity index (χ0n) is 14.9. The molecule has 1 aromatic rings. The number of amides is 1. The van der Waals surface area contributed by atoms with Gasteiger partial charge in [-0.25, -0.2) is 0 Å². The summed E-state index contributed by atoms with van der Waals surface area (Å²) in [6.45, 7) is 6.50. The molecule has 0 aromatic heterocycles. The molecule has 6 heteroatoms. The lowest BCUT2D eigenvalue weighted by atomic mass is 9.74. The van der Waals surface area contributed by atoms with E-state index in [9.17, 15) is 4.79 Å². The molecule has 6 nitrogen and oxygen atoms in total. The molecule has 2 fully saturated rings. The van der Waals surface area contributed by atoms with E-state index in [1.165, 1.54) is 5.56 Å². The van der Waals surface area contributed by atoms with E-state index in [-0.39, 0.29) is 17.4 Å². The highest BCUT2D eigenvalue weighted by Crippen LogP contribution is 2.35. The van der Waals surface area contributed by atoms with Crippen LogP contribution in [0.2, 0.25) is 0 Å². The van der Waals surface area contributed by atoms with Crippen molar-refractivity contribution in [1.82, 2.24) is 10.6 Å². The summed E-state index contributed by atoms with van der Waals surface area (Å²) in [4.78, 5) is 12.4. The lowest BCUT2D eigenvalue weighted by Crippen LogP contribution is -2.54. The van der Waals surface area contributed by atoms with Gasteiger partial charge in [0.05, 0.1) is 19.8 Å². The summed E-state index contributed by atoms with van der Waals surface area (Å²) in [5.74, 6) is 0.887. The van der Waals surface area contributed by atoms with Gasteiger partial charge in [0.25, 0.3) is 0 Å². The number of ether oxygens (including phenoxy) is 3. The zero-order chi connectivity index (χ0) is 17.5. The first-order chi connectivity index (χ1) is 12.2. The van der Waals surface area contributed by atoms with E-state index < -0.39 is 0 Å². The largest absolute Gasteiger partial charge is 0.494 e. The van der Waals surface area contributed by atoms with Gasteiger partial charge >= 0.3 is 0 Å². The van der Waals surface area contributed by atoms with E-state index in [1.54, 1.807) is 0 Å². The Hall–Kier alpha value is -1.63. The molecular weight excluding hydrogens is 320 g/mol. The number of morpholine rings is 1. The van der Waals surface area contributed by atoms with Crippen molar-refractivity contribution in [1.29, 1.82) is 0 Å². The van der Waals surface area contributed by atoms with Crippen molar-refractivity contribution < 1.29 is 19.0 Å². The first-order valence-corrected chi connectivity index (χ1v) is 9.13. The molecule has 2 saturated heterocycles. The molecule has 3 rings (SSSR count). The monoisotopic (exact) mass is 348 g/mol. The van der Waals surface area contributed by atoms with Crippen molar-refractivity contribution in [2.45, 2.75) is 31.2 Å². The Morgan fingerprint density at radius 1 is 1.24 bits per heavy atom. The standard InChI is InChI=1S/C19H28N2O4/c1-2-25-16-5-3-15(4-6-16)19(7-10-23-11-8-19)14-21-18(22)17-13-24-12-9-20-17/h3-6,17,20H,2,7-14H2,1H3,(H,21,22). The second-order valence-corrected chi connectivity index (χ2v) is 6.65. The summed E-state index contributed by atoms with van der Waals surface area (Å²) in [7, 11) is 0. The van der Waals surface area contributed by atoms with Crippen molar-refractivity contribution in [3.05, 3.63) is 29.8 Å². The number of benzene rings is 1. The van der Waals surface area contributed by atoms with Crippen molar-refractivity contribution in [3.63, 3.8) is 0 Å². The van der Waals surface area contributed by atoms with Crippen molar-refractivity contribution in [2.24, 2.45) is 0 Å². The molecule has 1 aromatic carbocycles. The number of rotatable bonds is 6. The van der Waals surface area contributed by atoms with Crippen molar-refractivity contribution in [3.8, 4) is 5.75 Å². The number of nitrogens with one attached hydrogen (secondary N) is 2. The molecule has 1 amide bonds. The zero-order valence-corrected chi connectivity index (χ0v) is 14.9. The van der Waals surface area contributed by atoms with E-state index in [0.29, 0.717) is 39.6 Å². The Labute approximate surface area is 149 Å². The first-order valence-electron chi connectivity index (χ1n) is 9.13. The molecule has 0 spiro atoms. The van der Waals surface area contributed by atoms with Crippen LogP contribution in [-0.4, -0.2) is 58.1 Å². The lowest BCUT2D eigenvalue weighted by molar-refractivity contribution is -0.126. The Bertz CT molecular complexity index is 549. The maximum atomic E-state index is 12.4. The molecular formula is C19H28N2O4. The fourth-order valence-corrected chi connectivity index (χ4v) is 3.51. The highest BCUT2D eigenvalue weighted by Gasteiger charge is 2.35. The number of carbonyl (C=O) groups excluding carboxylic acids is 1. The van der Waals surface area contributed by atoms with Gasteiger partial charge in [0.1, 0.15) is 11.8 Å². The van der Waals surface area contributed by atoms with Crippen LogP contribution in [0.15, 0.2) is 24.3 Å². The topological polar surface area (TPSA) is 68.8 Å². The minimum Gasteiger partial charge on any atom is -0.494 e. The van der Waals surface area contributed by atoms with Gasteiger partial charge in [-0.1, -0.05) is 12.1 Å². The highest BCUT2D eigenvalue weighted by atomic mass is 16.5. The summed E-state index contributed by atoms with van der Waals surface area (Å²) in [5, 5.41) is 6.34. The van der Waals surface area contributed by atoms with Gasteiger partial charge in [-0.3, -0.25) is 4.79 Å². The van der Waals surface area contributed by atoms with Gasteiger partial charge in [0, 0.05) is 31.7 Å². The van der Waals surface area contributed by atoms with Crippen LogP contribution in [0.5, 0.6) is 5.75 Å². The normalized spacial score (nSPS) is 23.0. The summed E-state index contributed by atoms with van der Waals surface area (Å²) in [5.41, 5.74) is 1.14. The Morgan fingerprint density at radius 2 is 2.00 bits per heavy atom. The van der Waals surface area contributed by atoms with Crippen LogP contribution < -0.4 is 15.4 Å². The molecule has 0 aliphatic carbocycles. The lowest BCUT2D eigenvalue weighted by Gasteiger charge is -2.38. The average molecular weight is 348 g/mol. The summed E-state index contributed by atoms with van der Waals surface area (Å²) in [6, 6.07) is 7.99. The van der Waals surface area contributed by atoms with Crippen LogP contribution >= 0.6 is 0 Å². The molecule has 138 valence electrons. The molecule has 2 aliphatic heterocycles. The van der Waals surface area contributed by atoms with Crippen LogP contribution in [-0.2, 0) is 19.7 Å². The third-order valence-corrected chi connectivity index (χ3v) is 5.07. The van der Waals surface area contributed by atoms with Gasteiger partial charge in [-0.2, -0.15) is 0 Å². The maximum Gasteiger partial charge on any atom is 0.239 e. The summed E-state index contributed by atoms with van der Waals surface area (Å²) >= 11 is 0. The van der Waals surface area contributed by atoms with Crippen molar-refractivity contribution >= 4 is 5.91 Å². The second-order valence-electron chi connectivity index (χ2n) is 6.65. The van der Waals surface area contributed by atoms with Crippen molar-refractivity contribution in [2.75, 3.05) is 46.1 Å². The Morgan fingerprint density at radius 3 is 2.64 bits per heavy atom. The van der Waals surface area contributed by atoms with Gasteiger partial charge < -0.3 is 24.8 Å². The molecule has 0 bridgehead atoms.